The second kappa shape index (κ2) is 9.82. The van der Waals surface area contributed by atoms with Gasteiger partial charge in [0.05, 0.1) is 6.54 Å². The van der Waals surface area contributed by atoms with E-state index in [1.54, 1.807) is 24.3 Å². The fourth-order valence-electron chi connectivity index (χ4n) is 2.46. The van der Waals surface area contributed by atoms with Crippen molar-refractivity contribution in [1.29, 1.82) is 0 Å². The zero-order chi connectivity index (χ0) is 19.9. The molecule has 2 aromatic carbocycles. The Morgan fingerprint density at radius 3 is 2.48 bits per heavy atom. The molecule has 0 atom stereocenters. The number of amides is 1. The van der Waals surface area contributed by atoms with Gasteiger partial charge in [-0.1, -0.05) is 55.3 Å². The third kappa shape index (κ3) is 5.76. The molecular formula is C19H22ClFN2O3S. The minimum Gasteiger partial charge on any atom is -0.355 e. The van der Waals surface area contributed by atoms with E-state index in [0.29, 0.717) is 17.1 Å². The number of sulfonamides is 1. The molecule has 0 bridgehead atoms. The Hall–Kier alpha value is -1.96. The molecule has 0 aromatic heterocycles. The van der Waals surface area contributed by atoms with Crippen LogP contribution in [0.4, 0.5) is 4.39 Å². The van der Waals surface area contributed by atoms with Crippen molar-refractivity contribution in [3.8, 4) is 0 Å². The molecule has 0 aliphatic heterocycles. The van der Waals surface area contributed by atoms with Crippen molar-refractivity contribution in [2.75, 3.05) is 13.1 Å². The Morgan fingerprint density at radius 1 is 1.15 bits per heavy atom. The maximum Gasteiger partial charge on any atom is 0.246 e. The minimum atomic E-state index is -4.23. The zero-order valence-corrected chi connectivity index (χ0v) is 16.6. The van der Waals surface area contributed by atoms with Gasteiger partial charge in [-0.3, -0.25) is 4.79 Å². The van der Waals surface area contributed by atoms with Crippen LogP contribution in [0.1, 0.15) is 25.3 Å². The molecular weight excluding hydrogens is 391 g/mol. The van der Waals surface area contributed by atoms with Crippen LogP contribution in [0.15, 0.2) is 53.4 Å². The molecule has 8 heteroatoms. The summed E-state index contributed by atoms with van der Waals surface area (Å²) in [5, 5.41) is 3.05. The van der Waals surface area contributed by atoms with Crippen molar-refractivity contribution in [3.63, 3.8) is 0 Å². The minimum absolute atomic E-state index is 0.141. The second-order valence-electron chi connectivity index (χ2n) is 6.00. The average Bonchev–Trinajstić information content (AvgIpc) is 2.63. The smallest absolute Gasteiger partial charge is 0.246 e. The second-order valence-corrected chi connectivity index (χ2v) is 8.31. The van der Waals surface area contributed by atoms with E-state index in [-0.39, 0.29) is 6.54 Å². The van der Waals surface area contributed by atoms with E-state index in [0.717, 1.165) is 23.2 Å². The molecule has 1 N–H and O–H groups in total. The first-order chi connectivity index (χ1) is 12.9. The largest absolute Gasteiger partial charge is 0.355 e. The molecule has 0 radical (unpaired) electrons. The van der Waals surface area contributed by atoms with Gasteiger partial charge in [0.25, 0.3) is 0 Å². The molecule has 0 aliphatic rings. The maximum absolute atomic E-state index is 14.1. The number of carbonyl (C=O) groups is 1. The molecule has 0 saturated carbocycles. The van der Waals surface area contributed by atoms with Gasteiger partial charge in [0.1, 0.15) is 10.7 Å². The highest BCUT2D eigenvalue weighted by Gasteiger charge is 2.29. The number of unbranched alkanes of at least 4 members (excludes halogenated alkanes) is 1. The average molecular weight is 413 g/mol. The fourth-order valence-corrected chi connectivity index (χ4v) is 4.09. The standard InChI is InChI=1S/C19H22ClFN2O3S/c1-2-3-12-22-19(24)14-23(13-15-8-4-5-9-16(15)20)27(25,26)18-11-7-6-10-17(18)21/h4-11H,2-3,12-14H2,1H3,(H,22,24). The van der Waals surface area contributed by atoms with Gasteiger partial charge in [0, 0.05) is 18.1 Å². The number of nitrogens with one attached hydrogen (secondary N) is 1. The maximum atomic E-state index is 14.1. The summed E-state index contributed by atoms with van der Waals surface area (Å²) in [5.41, 5.74) is 0.528. The molecule has 146 valence electrons. The highest BCUT2D eigenvalue weighted by Crippen LogP contribution is 2.23. The number of carbonyl (C=O) groups excluding carboxylic acids is 1. The molecule has 0 fully saturated rings. The third-order valence-electron chi connectivity index (χ3n) is 3.93. The number of benzene rings is 2. The van der Waals surface area contributed by atoms with Gasteiger partial charge in [-0.15, -0.1) is 0 Å². The predicted molar refractivity (Wildman–Crippen MR) is 103 cm³/mol. The SMILES string of the molecule is CCCCNC(=O)CN(Cc1ccccc1Cl)S(=O)(=O)c1ccccc1F. The van der Waals surface area contributed by atoms with Crippen molar-refractivity contribution < 1.29 is 17.6 Å². The molecule has 0 unspecified atom stereocenters. The quantitative estimate of drug-likeness (QED) is 0.640. The van der Waals surface area contributed by atoms with Crippen molar-refractivity contribution in [2.45, 2.75) is 31.2 Å². The van der Waals surface area contributed by atoms with E-state index in [2.05, 4.69) is 5.32 Å². The summed E-state index contributed by atoms with van der Waals surface area (Å²) in [5.74, 6) is -1.32. The van der Waals surface area contributed by atoms with Crippen LogP contribution in [0.3, 0.4) is 0 Å². The van der Waals surface area contributed by atoms with Crippen LogP contribution >= 0.6 is 11.6 Å². The fraction of sp³-hybridized carbons (Fsp3) is 0.316. The Balaban J connectivity index is 2.32. The molecule has 0 saturated heterocycles. The van der Waals surface area contributed by atoms with Crippen LogP contribution in [-0.4, -0.2) is 31.7 Å². The first-order valence-corrected chi connectivity index (χ1v) is 10.4. The van der Waals surface area contributed by atoms with Gasteiger partial charge in [-0.2, -0.15) is 4.31 Å². The molecule has 1 amide bonds. The molecule has 2 rings (SSSR count). The predicted octanol–water partition coefficient (Wildman–Crippen LogP) is 3.59. The van der Waals surface area contributed by atoms with E-state index in [1.807, 2.05) is 6.92 Å². The molecule has 0 spiro atoms. The van der Waals surface area contributed by atoms with Gasteiger partial charge in [0.2, 0.25) is 15.9 Å². The number of hydrogen-bond acceptors (Lipinski definition) is 3. The third-order valence-corrected chi connectivity index (χ3v) is 6.13. The van der Waals surface area contributed by atoms with E-state index in [4.69, 9.17) is 11.6 Å². The van der Waals surface area contributed by atoms with Crippen LogP contribution in [0.2, 0.25) is 5.02 Å². The number of hydrogen-bond donors (Lipinski definition) is 1. The highest BCUT2D eigenvalue weighted by molar-refractivity contribution is 7.89. The molecule has 0 heterocycles. The Kier molecular flexibility index (Phi) is 7.77. The summed E-state index contributed by atoms with van der Waals surface area (Å²) in [7, 11) is -4.23. The van der Waals surface area contributed by atoms with Gasteiger partial charge in [-0.25, -0.2) is 12.8 Å². The summed E-state index contributed by atoms with van der Waals surface area (Å²) in [6, 6.07) is 11.8. The lowest BCUT2D eigenvalue weighted by Gasteiger charge is -2.22. The zero-order valence-electron chi connectivity index (χ0n) is 15.0. The van der Waals surface area contributed by atoms with Gasteiger partial charge >= 0.3 is 0 Å². The number of nitrogens with zero attached hydrogens (tertiary/aromatic N) is 1. The summed E-state index contributed by atoms with van der Waals surface area (Å²) >= 11 is 6.14. The van der Waals surface area contributed by atoms with Gasteiger partial charge < -0.3 is 5.32 Å². The Morgan fingerprint density at radius 2 is 1.81 bits per heavy atom. The number of halogens is 2. The van der Waals surface area contributed by atoms with Crippen molar-refractivity contribution in [1.82, 2.24) is 9.62 Å². The lowest BCUT2D eigenvalue weighted by atomic mass is 10.2. The van der Waals surface area contributed by atoms with E-state index < -0.39 is 33.2 Å². The topological polar surface area (TPSA) is 66.5 Å². The molecule has 0 aliphatic carbocycles. The lowest BCUT2D eigenvalue weighted by Crippen LogP contribution is -2.40. The molecule has 27 heavy (non-hydrogen) atoms. The van der Waals surface area contributed by atoms with E-state index in [1.165, 1.54) is 18.2 Å². The van der Waals surface area contributed by atoms with Crippen LogP contribution in [0.25, 0.3) is 0 Å². The summed E-state index contributed by atoms with van der Waals surface area (Å²) in [4.78, 5) is 11.7. The van der Waals surface area contributed by atoms with Gasteiger partial charge in [0.15, 0.2) is 0 Å². The molecule has 5 nitrogen and oxygen atoms in total. The van der Waals surface area contributed by atoms with Crippen LogP contribution in [-0.2, 0) is 21.4 Å². The normalized spacial score (nSPS) is 11.6. The highest BCUT2D eigenvalue weighted by atomic mass is 35.5. The van der Waals surface area contributed by atoms with Crippen molar-refractivity contribution in [3.05, 3.63) is 64.9 Å². The van der Waals surface area contributed by atoms with Crippen LogP contribution in [0.5, 0.6) is 0 Å². The molecule has 2 aromatic rings. The monoisotopic (exact) mass is 412 g/mol. The Bertz CT molecular complexity index is 890. The summed E-state index contributed by atoms with van der Waals surface area (Å²) < 4.78 is 41.0. The van der Waals surface area contributed by atoms with Crippen LogP contribution in [0, 0.1) is 5.82 Å². The first kappa shape index (κ1) is 21.3. The first-order valence-electron chi connectivity index (χ1n) is 8.61. The Labute approximate surface area is 164 Å². The van der Waals surface area contributed by atoms with E-state index >= 15 is 0 Å². The lowest BCUT2D eigenvalue weighted by molar-refractivity contribution is -0.121. The number of rotatable bonds is 9. The van der Waals surface area contributed by atoms with Crippen molar-refractivity contribution >= 4 is 27.5 Å². The van der Waals surface area contributed by atoms with Gasteiger partial charge in [-0.05, 0) is 30.2 Å². The summed E-state index contributed by atoms with van der Waals surface area (Å²) in [6.07, 6.45) is 1.69. The summed E-state index contributed by atoms with van der Waals surface area (Å²) in [6.45, 7) is 1.87. The van der Waals surface area contributed by atoms with E-state index in [9.17, 15) is 17.6 Å². The van der Waals surface area contributed by atoms with Crippen molar-refractivity contribution in [2.24, 2.45) is 0 Å². The van der Waals surface area contributed by atoms with Crippen LogP contribution < -0.4 is 5.32 Å².